The number of halogens is 1. The van der Waals surface area contributed by atoms with Gasteiger partial charge in [0.25, 0.3) is 0 Å². The molecule has 0 bridgehead atoms. The standard InChI is InChI=1S/C10H11BrN2O2S/c1-6(14)4-13-5-7(12-10(13)15)8-2-3-9(11)16-8/h2-3,7H,4-5H2,1H3,(H,12,15). The second-order valence-corrected chi connectivity index (χ2v) is 6.22. The van der Waals surface area contributed by atoms with Gasteiger partial charge in [-0.3, -0.25) is 4.79 Å². The van der Waals surface area contributed by atoms with Crippen molar-refractivity contribution in [3.63, 3.8) is 0 Å². The fourth-order valence-corrected chi connectivity index (χ4v) is 3.14. The molecule has 4 nitrogen and oxygen atoms in total. The van der Waals surface area contributed by atoms with Crippen molar-refractivity contribution in [1.29, 1.82) is 0 Å². The summed E-state index contributed by atoms with van der Waals surface area (Å²) < 4.78 is 1.04. The molecule has 1 N–H and O–H groups in total. The summed E-state index contributed by atoms with van der Waals surface area (Å²) in [5, 5.41) is 2.86. The number of thiophene rings is 1. The molecular formula is C10H11BrN2O2S. The molecule has 1 atom stereocenters. The third-order valence-electron chi connectivity index (χ3n) is 2.34. The summed E-state index contributed by atoms with van der Waals surface area (Å²) in [6.45, 7) is 2.24. The highest BCUT2D eigenvalue weighted by atomic mass is 79.9. The van der Waals surface area contributed by atoms with Crippen LogP contribution in [0.2, 0.25) is 0 Å². The second kappa shape index (κ2) is 4.55. The van der Waals surface area contributed by atoms with E-state index >= 15 is 0 Å². The minimum atomic E-state index is -0.162. The number of carbonyl (C=O) groups is 2. The molecule has 2 rings (SSSR count). The number of nitrogens with one attached hydrogen (secondary N) is 1. The van der Waals surface area contributed by atoms with Crippen molar-refractivity contribution in [3.8, 4) is 0 Å². The maximum Gasteiger partial charge on any atom is 0.318 e. The Bertz CT molecular complexity index is 432. The number of amides is 2. The van der Waals surface area contributed by atoms with E-state index in [1.165, 1.54) is 6.92 Å². The molecule has 0 saturated carbocycles. The van der Waals surface area contributed by atoms with Gasteiger partial charge >= 0.3 is 6.03 Å². The number of rotatable bonds is 3. The number of hydrogen-bond acceptors (Lipinski definition) is 3. The minimum Gasteiger partial charge on any atom is -0.329 e. The van der Waals surface area contributed by atoms with Crippen LogP contribution in [0.25, 0.3) is 0 Å². The molecule has 6 heteroatoms. The van der Waals surface area contributed by atoms with Crippen molar-refractivity contribution >= 4 is 39.1 Å². The molecule has 1 aromatic rings. The molecule has 1 fully saturated rings. The van der Waals surface area contributed by atoms with E-state index in [4.69, 9.17) is 0 Å². The monoisotopic (exact) mass is 302 g/mol. The summed E-state index contributed by atoms with van der Waals surface area (Å²) in [4.78, 5) is 25.2. The van der Waals surface area contributed by atoms with Gasteiger partial charge in [-0.05, 0) is 35.0 Å². The average Bonchev–Trinajstić information content (AvgIpc) is 2.74. The number of nitrogens with zero attached hydrogens (tertiary/aromatic N) is 1. The Balaban J connectivity index is 2.06. The summed E-state index contributed by atoms with van der Waals surface area (Å²) in [5.74, 6) is 0.00293. The Kier molecular flexibility index (Phi) is 3.30. The lowest BCUT2D eigenvalue weighted by atomic mass is 10.2. The number of Topliss-reactive ketones (excluding diaryl/α,β-unsaturated/α-hetero) is 1. The summed E-state index contributed by atoms with van der Waals surface area (Å²) >= 11 is 4.99. The van der Waals surface area contributed by atoms with Crippen LogP contribution in [0.4, 0.5) is 4.79 Å². The summed E-state index contributed by atoms with van der Waals surface area (Å²) in [5.41, 5.74) is 0. The minimum absolute atomic E-state index is 0.00292. The molecule has 0 aliphatic carbocycles. The van der Waals surface area contributed by atoms with Gasteiger partial charge in [-0.15, -0.1) is 11.3 Å². The summed E-state index contributed by atoms with van der Waals surface area (Å²) in [7, 11) is 0. The van der Waals surface area contributed by atoms with Crippen LogP contribution in [0, 0.1) is 0 Å². The third kappa shape index (κ3) is 2.44. The Labute approximate surface area is 106 Å². The van der Waals surface area contributed by atoms with Crippen molar-refractivity contribution in [3.05, 3.63) is 20.8 Å². The van der Waals surface area contributed by atoms with Crippen molar-refractivity contribution in [2.45, 2.75) is 13.0 Å². The first-order valence-electron chi connectivity index (χ1n) is 4.86. The first-order chi connectivity index (χ1) is 7.56. The summed E-state index contributed by atoms with van der Waals surface area (Å²) in [6.07, 6.45) is 0. The van der Waals surface area contributed by atoms with Crippen molar-refractivity contribution in [1.82, 2.24) is 10.2 Å². The van der Waals surface area contributed by atoms with Crippen molar-refractivity contribution < 1.29 is 9.59 Å². The highest BCUT2D eigenvalue weighted by Crippen LogP contribution is 2.29. The average molecular weight is 303 g/mol. The van der Waals surface area contributed by atoms with E-state index in [0.717, 1.165) is 8.66 Å². The molecule has 1 saturated heterocycles. The molecule has 16 heavy (non-hydrogen) atoms. The smallest absolute Gasteiger partial charge is 0.318 e. The molecule has 1 aliphatic heterocycles. The maximum atomic E-state index is 11.6. The highest BCUT2D eigenvalue weighted by Gasteiger charge is 2.30. The van der Waals surface area contributed by atoms with E-state index in [-0.39, 0.29) is 24.4 Å². The van der Waals surface area contributed by atoms with E-state index in [1.54, 1.807) is 16.2 Å². The van der Waals surface area contributed by atoms with E-state index in [2.05, 4.69) is 21.2 Å². The lowest BCUT2D eigenvalue weighted by molar-refractivity contribution is -0.117. The van der Waals surface area contributed by atoms with Crippen LogP contribution >= 0.6 is 27.3 Å². The van der Waals surface area contributed by atoms with Crippen LogP contribution in [-0.4, -0.2) is 29.8 Å². The van der Waals surface area contributed by atoms with Crippen LogP contribution in [0.3, 0.4) is 0 Å². The Hall–Kier alpha value is -0.880. The lowest BCUT2D eigenvalue weighted by Crippen LogP contribution is -2.32. The zero-order valence-corrected chi connectivity index (χ0v) is 11.1. The Morgan fingerprint density at radius 1 is 1.69 bits per heavy atom. The summed E-state index contributed by atoms with van der Waals surface area (Å²) in [6, 6.07) is 3.78. The van der Waals surface area contributed by atoms with Crippen LogP contribution in [0.5, 0.6) is 0 Å². The van der Waals surface area contributed by atoms with E-state index in [9.17, 15) is 9.59 Å². The molecule has 86 valence electrons. The maximum absolute atomic E-state index is 11.6. The zero-order chi connectivity index (χ0) is 11.7. The zero-order valence-electron chi connectivity index (χ0n) is 8.70. The predicted molar refractivity (Wildman–Crippen MR) is 65.5 cm³/mol. The van der Waals surface area contributed by atoms with Crippen LogP contribution in [-0.2, 0) is 4.79 Å². The SMILES string of the molecule is CC(=O)CN1CC(c2ccc(Br)s2)NC1=O. The van der Waals surface area contributed by atoms with Gasteiger partial charge in [0.2, 0.25) is 0 Å². The molecular weight excluding hydrogens is 292 g/mol. The number of urea groups is 1. The largest absolute Gasteiger partial charge is 0.329 e. The van der Waals surface area contributed by atoms with E-state index in [1.807, 2.05) is 12.1 Å². The van der Waals surface area contributed by atoms with Gasteiger partial charge in [-0.1, -0.05) is 0 Å². The molecule has 2 heterocycles. The second-order valence-electron chi connectivity index (χ2n) is 3.73. The molecule has 0 aromatic carbocycles. The van der Waals surface area contributed by atoms with Gasteiger partial charge in [0.05, 0.1) is 16.4 Å². The van der Waals surface area contributed by atoms with Gasteiger partial charge in [0, 0.05) is 11.4 Å². The van der Waals surface area contributed by atoms with Crippen molar-refractivity contribution in [2.75, 3.05) is 13.1 Å². The fraction of sp³-hybridized carbons (Fsp3) is 0.400. The normalized spacial score (nSPS) is 20.0. The molecule has 0 spiro atoms. The molecule has 1 unspecified atom stereocenters. The number of hydrogen-bond donors (Lipinski definition) is 1. The van der Waals surface area contributed by atoms with E-state index < -0.39 is 0 Å². The van der Waals surface area contributed by atoms with Crippen LogP contribution < -0.4 is 5.32 Å². The third-order valence-corrected chi connectivity index (χ3v) is 4.08. The van der Waals surface area contributed by atoms with Gasteiger partial charge < -0.3 is 10.2 Å². The van der Waals surface area contributed by atoms with Crippen LogP contribution in [0.1, 0.15) is 17.8 Å². The molecule has 1 aliphatic rings. The molecule has 1 aromatic heterocycles. The van der Waals surface area contributed by atoms with Crippen LogP contribution in [0.15, 0.2) is 15.9 Å². The first-order valence-corrected chi connectivity index (χ1v) is 6.47. The number of carbonyl (C=O) groups excluding carboxylic acids is 2. The van der Waals surface area contributed by atoms with Gasteiger partial charge in [0.15, 0.2) is 0 Å². The van der Waals surface area contributed by atoms with Gasteiger partial charge in [-0.2, -0.15) is 0 Å². The fourth-order valence-electron chi connectivity index (χ4n) is 1.67. The van der Waals surface area contributed by atoms with Gasteiger partial charge in [0.1, 0.15) is 5.78 Å². The lowest BCUT2D eigenvalue weighted by Gasteiger charge is -2.11. The predicted octanol–water partition coefficient (Wildman–Crippen LogP) is 2.17. The Morgan fingerprint density at radius 3 is 3.00 bits per heavy atom. The van der Waals surface area contributed by atoms with Gasteiger partial charge in [-0.25, -0.2) is 4.79 Å². The first kappa shape index (κ1) is 11.6. The van der Waals surface area contributed by atoms with E-state index in [0.29, 0.717) is 6.54 Å². The van der Waals surface area contributed by atoms with Crippen molar-refractivity contribution in [2.24, 2.45) is 0 Å². The molecule has 0 radical (unpaired) electrons. The number of ketones is 1. The Morgan fingerprint density at radius 2 is 2.44 bits per heavy atom. The quantitative estimate of drug-likeness (QED) is 0.930. The molecule has 2 amide bonds. The topological polar surface area (TPSA) is 49.4 Å². The highest BCUT2D eigenvalue weighted by molar-refractivity contribution is 9.11.